The van der Waals surface area contributed by atoms with Crippen LogP contribution in [0.3, 0.4) is 0 Å². The van der Waals surface area contributed by atoms with E-state index in [1.165, 1.54) is 0 Å². The fourth-order valence-corrected chi connectivity index (χ4v) is 1.68. The molecule has 1 aromatic carbocycles. The minimum absolute atomic E-state index is 0.139. The molecule has 0 N–H and O–H groups in total. The summed E-state index contributed by atoms with van der Waals surface area (Å²) in [7, 11) is 0. The van der Waals surface area contributed by atoms with Crippen molar-refractivity contribution in [1.82, 2.24) is 0 Å². The van der Waals surface area contributed by atoms with E-state index in [4.69, 9.17) is 0 Å². The highest BCUT2D eigenvalue weighted by Crippen LogP contribution is 2.33. The summed E-state index contributed by atoms with van der Waals surface area (Å²) >= 11 is 13.6. The van der Waals surface area contributed by atoms with Crippen LogP contribution >= 0.6 is 63.7 Å². The maximum atomic E-state index is 3.40. The number of benzene rings is 1. The van der Waals surface area contributed by atoms with Crippen molar-refractivity contribution in [3.63, 3.8) is 0 Å². The zero-order valence-electron chi connectivity index (χ0n) is 5.82. The number of hydrogen-bond acceptors (Lipinski definition) is 0. The molecule has 0 aliphatic carbocycles. The van der Waals surface area contributed by atoms with Crippen molar-refractivity contribution >= 4 is 63.7 Å². The lowest BCUT2D eigenvalue weighted by Gasteiger charge is -2.05. The van der Waals surface area contributed by atoms with Gasteiger partial charge in [-0.05, 0) is 35.4 Å². The first-order chi connectivity index (χ1) is 5.61. The van der Waals surface area contributed by atoms with E-state index in [-0.39, 0.29) is 7.47 Å². The lowest BCUT2D eigenvalue weighted by Crippen LogP contribution is -1.86. The Morgan fingerprint density at radius 2 is 1.33 bits per heavy atom. The summed E-state index contributed by atoms with van der Waals surface area (Å²) < 4.78 is 0.278. The summed E-state index contributed by atoms with van der Waals surface area (Å²) in [5, 5.41) is 0. The fraction of sp³-hybridized carbons (Fsp3) is 0.250. The van der Waals surface area contributed by atoms with Crippen LogP contribution in [0.2, 0.25) is 0 Å². The molecule has 0 saturated heterocycles. The van der Waals surface area contributed by atoms with Crippen LogP contribution in [0.4, 0.5) is 0 Å². The van der Waals surface area contributed by atoms with E-state index in [1.807, 2.05) is 12.1 Å². The Kier molecular flexibility index (Phi) is 4.79. The van der Waals surface area contributed by atoms with E-state index < -0.39 is 0 Å². The van der Waals surface area contributed by atoms with Crippen molar-refractivity contribution in [2.24, 2.45) is 0 Å². The molecule has 0 bridgehead atoms. The van der Waals surface area contributed by atoms with E-state index in [1.54, 1.807) is 0 Å². The molecule has 12 heavy (non-hydrogen) atoms. The SMILES string of the molecule is BrC(Br)c1[c]c(C(Br)Br)c[c]c1. The van der Waals surface area contributed by atoms with Crippen molar-refractivity contribution in [1.29, 1.82) is 0 Å². The third-order valence-electron chi connectivity index (χ3n) is 1.24. The molecule has 0 nitrogen and oxygen atoms in total. The maximum Gasteiger partial charge on any atom is 0.0952 e. The summed E-state index contributed by atoms with van der Waals surface area (Å²) in [4.78, 5) is 0. The summed E-state index contributed by atoms with van der Waals surface area (Å²) in [6.45, 7) is 0. The van der Waals surface area contributed by atoms with Crippen LogP contribution < -0.4 is 0 Å². The summed E-state index contributed by atoms with van der Waals surface area (Å²) in [6.07, 6.45) is 0. The Morgan fingerprint density at radius 3 is 1.67 bits per heavy atom. The molecule has 1 rings (SSSR count). The van der Waals surface area contributed by atoms with Crippen LogP contribution in [0.1, 0.15) is 18.6 Å². The Labute approximate surface area is 106 Å². The van der Waals surface area contributed by atoms with Crippen LogP contribution in [0.5, 0.6) is 0 Å². The second-order valence-corrected chi connectivity index (χ2v) is 8.21. The van der Waals surface area contributed by atoms with Crippen molar-refractivity contribution in [3.05, 3.63) is 35.4 Å². The molecular formula is C8H4Br4. The molecule has 2 radical (unpaired) electrons. The fourth-order valence-electron chi connectivity index (χ4n) is 0.695. The second kappa shape index (κ2) is 5.13. The highest BCUT2D eigenvalue weighted by Gasteiger charge is 2.07. The van der Waals surface area contributed by atoms with Crippen LogP contribution in [-0.4, -0.2) is 0 Å². The molecule has 0 atom stereocenters. The van der Waals surface area contributed by atoms with Crippen molar-refractivity contribution in [3.8, 4) is 0 Å². The van der Waals surface area contributed by atoms with Crippen LogP contribution in [0.25, 0.3) is 0 Å². The number of rotatable bonds is 2. The normalized spacial score (nSPS) is 11.2. The highest BCUT2D eigenvalue weighted by molar-refractivity contribution is 9.24. The van der Waals surface area contributed by atoms with Gasteiger partial charge in [-0.3, -0.25) is 0 Å². The smallest absolute Gasteiger partial charge is 0.0712 e. The maximum absolute atomic E-state index is 3.40. The van der Waals surface area contributed by atoms with Crippen LogP contribution in [0, 0.1) is 12.1 Å². The molecule has 64 valence electrons. The zero-order valence-corrected chi connectivity index (χ0v) is 12.2. The molecule has 0 aromatic heterocycles. The highest BCUT2D eigenvalue weighted by atomic mass is 79.9. The Bertz CT molecular complexity index is 234. The van der Waals surface area contributed by atoms with E-state index in [9.17, 15) is 0 Å². The second-order valence-electron chi connectivity index (χ2n) is 2.09. The molecule has 1 aromatic rings. The number of hydrogen-bond donors (Lipinski definition) is 0. The largest absolute Gasteiger partial charge is 0.0952 e. The summed E-state index contributed by atoms with van der Waals surface area (Å²) in [5.74, 6) is 0. The van der Waals surface area contributed by atoms with E-state index in [0.29, 0.717) is 0 Å². The predicted molar refractivity (Wildman–Crippen MR) is 65.3 cm³/mol. The topological polar surface area (TPSA) is 0 Å². The first-order valence-electron chi connectivity index (χ1n) is 3.10. The zero-order chi connectivity index (χ0) is 9.14. The lowest BCUT2D eigenvalue weighted by molar-refractivity contribution is 1.32. The molecule has 0 unspecified atom stereocenters. The molecular weight excluding hydrogens is 416 g/mol. The van der Waals surface area contributed by atoms with E-state index >= 15 is 0 Å². The molecule has 0 saturated carbocycles. The first-order valence-corrected chi connectivity index (χ1v) is 6.77. The Balaban J connectivity index is 2.96. The van der Waals surface area contributed by atoms with Gasteiger partial charge in [0.1, 0.15) is 0 Å². The Hall–Kier alpha value is 1.14. The van der Waals surface area contributed by atoms with Gasteiger partial charge in [-0.2, -0.15) is 0 Å². The van der Waals surface area contributed by atoms with Gasteiger partial charge in [-0.15, -0.1) is 0 Å². The molecule has 4 heteroatoms. The van der Waals surface area contributed by atoms with Crippen LogP contribution in [0.15, 0.2) is 12.1 Å². The number of alkyl halides is 4. The molecule has 0 aliphatic heterocycles. The van der Waals surface area contributed by atoms with Gasteiger partial charge < -0.3 is 0 Å². The summed E-state index contributed by atoms with van der Waals surface area (Å²) in [6, 6.07) is 10.0. The predicted octanol–water partition coefficient (Wildman–Crippen LogP) is 4.86. The van der Waals surface area contributed by atoms with Gasteiger partial charge >= 0.3 is 0 Å². The molecule has 0 aliphatic rings. The average Bonchev–Trinajstić information content (AvgIpc) is 2.04. The minimum atomic E-state index is 0.139. The lowest BCUT2D eigenvalue weighted by atomic mass is 10.2. The van der Waals surface area contributed by atoms with Crippen molar-refractivity contribution < 1.29 is 0 Å². The molecule has 0 amide bonds. The molecule has 0 fully saturated rings. The minimum Gasteiger partial charge on any atom is -0.0712 e. The van der Waals surface area contributed by atoms with E-state index in [0.717, 1.165) is 11.1 Å². The number of halogens is 4. The van der Waals surface area contributed by atoms with Gasteiger partial charge in [0.2, 0.25) is 0 Å². The quantitative estimate of drug-likeness (QED) is 0.600. The van der Waals surface area contributed by atoms with Gasteiger partial charge in [0.25, 0.3) is 0 Å². The molecule has 0 heterocycles. The monoisotopic (exact) mass is 416 g/mol. The van der Waals surface area contributed by atoms with Crippen molar-refractivity contribution in [2.75, 3.05) is 0 Å². The first kappa shape index (κ1) is 11.2. The van der Waals surface area contributed by atoms with Crippen molar-refractivity contribution in [2.45, 2.75) is 7.47 Å². The standard InChI is InChI=1S/C8H4Br4/c9-7(10)5-2-1-3-6(4-5)8(11)12/h2-3,7-8H. The average molecular weight is 420 g/mol. The Morgan fingerprint density at radius 1 is 0.917 bits per heavy atom. The van der Waals surface area contributed by atoms with Gasteiger partial charge in [0.15, 0.2) is 0 Å². The van der Waals surface area contributed by atoms with Gasteiger partial charge in [-0.1, -0.05) is 63.7 Å². The van der Waals surface area contributed by atoms with Gasteiger partial charge in [-0.25, -0.2) is 0 Å². The molecule has 0 spiro atoms. The van der Waals surface area contributed by atoms with Gasteiger partial charge in [0, 0.05) is 0 Å². The third kappa shape index (κ3) is 3.13. The van der Waals surface area contributed by atoms with Gasteiger partial charge in [0.05, 0.1) is 7.47 Å². The third-order valence-corrected chi connectivity index (χ3v) is 3.21. The van der Waals surface area contributed by atoms with Crippen LogP contribution in [-0.2, 0) is 0 Å². The van der Waals surface area contributed by atoms with E-state index in [2.05, 4.69) is 75.9 Å². The summed E-state index contributed by atoms with van der Waals surface area (Å²) in [5.41, 5.74) is 2.08.